The molecule has 1 aromatic rings. The summed E-state index contributed by atoms with van der Waals surface area (Å²) >= 11 is 3.75. The largest absolute Gasteiger partial charge is 0.310 e. The predicted molar refractivity (Wildman–Crippen MR) is 64.0 cm³/mol. The van der Waals surface area contributed by atoms with Crippen LogP contribution in [0.5, 0.6) is 0 Å². The first-order chi connectivity index (χ1) is 6.76. The smallest absolute Gasteiger partial charge is 0.0798 e. The van der Waals surface area contributed by atoms with Crippen LogP contribution in [0.3, 0.4) is 0 Å². The molecule has 0 amide bonds. The molecular weight excluding hydrogens is 212 g/mol. The summed E-state index contributed by atoms with van der Waals surface area (Å²) in [6, 6.07) is 0. The van der Waals surface area contributed by atoms with Crippen molar-refractivity contribution in [2.75, 3.05) is 12.8 Å². The monoisotopic (exact) mass is 228 g/mol. The Kier molecular flexibility index (Phi) is 3.14. The standard InChI is InChI=1S/C10H16N2S2/c1-8-9(14-7-12-8)5-11-6-10(13-2)3-4-10/h7,11H,3-6H2,1-2H3. The normalized spacial score (nSPS) is 18.4. The van der Waals surface area contributed by atoms with Crippen LogP contribution in [0.2, 0.25) is 0 Å². The number of aryl methyl sites for hydroxylation is 1. The molecule has 2 nitrogen and oxygen atoms in total. The van der Waals surface area contributed by atoms with Gasteiger partial charge in [0, 0.05) is 22.7 Å². The zero-order valence-corrected chi connectivity index (χ0v) is 10.3. The van der Waals surface area contributed by atoms with E-state index in [4.69, 9.17) is 0 Å². The third kappa shape index (κ3) is 2.30. The van der Waals surface area contributed by atoms with Crippen molar-refractivity contribution in [3.63, 3.8) is 0 Å². The van der Waals surface area contributed by atoms with E-state index in [-0.39, 0.29) is 0 Å². The quantitative estimate of drug-likeness (QED) is 0.838. The fourth-order valence-corrected chi connectivity index (χ4v) is 3.00. The maximum absolute atomic E-state index is 4.24. The average molecular weight is 228 g/mol. The SMILES string of the molecule is CSC1(CNCc2scnc2C)CC1. The summed E-state index contributed by atoms with van der Waals surface area (Å²) in [5.74, 6) is 0. The summed E-state index contributed by atoms with van der Waals surface area (Å²) in [6.45, 7) is 4.21. The summed E-state index contributed by atoms with van der Waals surface area (Å²) in [5.41, 5.74) is 3.10. The van der Waals surface area contributed by atoms with Gasteiger partial charge in [-0.3, -0.25) is 0 Å². The highest BCUT2D eigenvalue weighted by molar-refractivity contribution is 8.00. The first kappa shape index (κ1) is 10.5. The van der Waals surface area contributed by atoms with Crippen LogP contribution >= 0.6 is 23.1 Å². The van der Waals surface area contributed by atoms with Gasteiger partial charge in [-0.1, -0.05) is 0 Å². The van der Waals surface area contributed by atoms with Gasteiger partial charge >= 0.3 is 0 Å². The molecule has 0 radical (unpaired) electrons. The van der Waals surface area contributed by atoms with Gasteiger partial charge in [0.1, 0.15) is 0 Å². The Morgan fingerprint density at radius 3 is 2.93 bits per heavy atom. The van der Waals surface area contributed by atoms with E-state index in [1.165, 1.54) is 23.4 Å². The van der Waals surface area contributed by atoms with Crippen LogP contribution < -0.4 is 5.32 Å². The molecule has 0 aliphatic heterocycles. The van der Waals surface area contributed by atoms with Gasteiger partial charge in [-0.25, -0.2) is 4.98 Å². The molecule has 1 aromatic heterocycles. The number of hydrogen-bond acceptors (Lipinski definition) is 4. The molecule has 0 spiro atoms. The minimum atomic E-state index is 0.568. The lowest BCUT2D eigenvalue weighted by Gasteiger charge is -2.12. The van der Waals surface area contributed by atoms with Crippen LogP contribution in [-0.4, -0.2) is 22.5 Å². The van der Waals surface area contributed by atoms with Crippen LogP contribution in [0.4, 0.5) is 0 Å². The molecule has 0 atom stereocenters. The van der Waals surface area contributed by atoms with Gasteiger partial charge in [0.25, 0.3) is 0 Å². The summed E-state index contributed by atoms with van der Waals surface area (Å²) in [4.78, 5) is 5.62. The molecule has 1 fully saturated rings. The van der Waals surface area contributed by atoms with E-state index in [0.29, 0.717) is 4.75 Å². The Balaban J connectivity index is 1.76. The molecular formula is C10H16N2S2. The molecule has 1 aliphatic carbocycles. The molecule has 0 unspecified atom stereocenters. The number of thiazole rings is 1. The maximum Gasteiger partial charge on any atom is 0.0798 e. The summed E-state index contributed by atoms with van der Waals surface area (Å²) in [6.07, 6.45) is 4.97. The minimum Gasteiger partial charge on any atom is -0.310 e. The molecule has 78 valence electrons. The summed E-state index contributed by atoms with van der Waals surface area (Å²) < 4.78 is 0.568. The second-order valence-corrected chi connectivity index (χ2v) is 6.07. The minimum absolute atomic E-state index is 0.568. The Bertz CT molecular complexity index is 305. The predicted octanol–water partition coefficient (Wildman–Crippen LogP) is 2.44. The molecule has 14 heavy (non-hydrogen) atoms. The summed E-state index contributed by atoms with van der Waals surface area (Å²) in [5, 5.41) is 3.53. The van der Waals surface area contributed by atoms with Crippen molar-refractivity contribution < 1.29 is 0 Å². The number of nitrogens with zero attached hydrogens (tertiary/aromatic N) is 1. The van der Waals surface area contributed by atoms with E-state index in [1.807, 2.05) is 17.3 Å². The van der Waals surface area contributed by atoms with Crippen molar-refractivity contribution in [1.29, 1.82) is 0 Å². The lowest BCUT2D eigenvalue weighted by atomic mass is 10.3. The maximum atomic E-state index is 4.24. The molecule has 0 bridgehead atoms. The van der Waals surface area contributed by atoms with Gasteiger partial charge in [0.2, 0.25) is 0 Å². The summed E-state index contributed by atoms with van der Waals surface area (Å²) in [7, 11) is 0. The molecule has 2 rings (SSSR count). The van der Waals surface area contributed by atoms with E-state index in [9.17, 15) is 0 Å². The van der Waals surface area contributed by atoms with Gasteiger partial charge in [0.15, 0.2) is 0 Å². The van der Waals surface area contributed by atoms with Gasteiger partial charge < -0.3 is 5.32 Å². The highest BCUT2D eigenvalue weighted by Gasteiger charge is 2.41. The van der Waals surface area contributed by atoms with E-state index < -0.39 is 0 Å². The van der Waals surface area contributed by atoms with Crippen LogP contribution in [0.1, 0.15) is 23.4 Å². The third-order valence-corrected chi connectivity index (χ3v) is 5.17. The number of hydrogen-bond donors (Lipinski definition) is 1. The highest BCUT2D eigenvalue weighted by Crippen LogP contribution is 2.46. The zero-order chi connectivity index (χ0) is 10.0. The number of thioether (sulfide) groups is 1. The van der Waals surface area contributed by atoms with Crippen LogP contribution in [0, 0.1) is 6.92 Å². The van der Waals surface area contributed by atoms with Crippen molar-refractivity contribution in [2.45, 2.75) is 31.1 Å². The number of nitrogens with one attached hydrogen (secondary N) is 1. The Labute approximate surface area is 93.5 Å². The van der Waals surface area contributed by atoms with Crippen LogP contribution in [0.25, 0.3) is 0 Å². The van der Waals surface area contributed by atoms with E-state index >= 15 is 0 Å². The second kappa shape index (κ2) is 4.21. The van der Waals surface area contributed by atoms with Gasteiger partial charge in [-0.2, -0.15) is 11.8 Å². The van der Waals surface area contributed by atoms with Gasteiger partial charge in [-0.05, 0) is 26.0 Å². The van der Waals surface area contributed by atoms with Crippen molar-refractivity contribution in [3.8, 4) is 0 Å². The van der Waals surface area contributed by atoms with Gasteiger partial charge in [-0.15, -0.1) is 11.3 Å². The molecule has 1 aliphatic rings. The van der Waals surface area contributed by atoms with Crippen molar-refractivity contribution >= 4 is 23.1 Å². The molecule has 1 saturated carbocycles. The first-order valence-electron chi connectivity index (χ1n) is 4.91. The lowest BCUT2D eigenvalue weighted by Crippen LogP contribution is -2.25. The van der Waals surface area contributed by atoms with Crippen LogP contribution in [-0.2, 0) is 6.54 Å². The van der Waals surface area contributed by atoms with E-state index in [0.717, 1.165) is 13.1 Å². The Morgan fingerprint density at radius 1 is 1.64 bits per heavy atom. The fraction of sp³-hybridized carbons (Fsp3) is 0.700. The second-order valence-electron chi connectivity index (χ2n) is 3.85. The van der Waals surface area contributed by atoms with Crippen LogP contribution in [0.15, 0.2) is 5.51 Å². The van der Waals surface area contributed by atoms with E-state index in [1.54, 1.807) is 11.3 Å². The highest BCUT2D eigenvalue weighted by atomic mass is 32.2. The average Bonchev–Trinajstić information content (AvgIpc) is 2.86. The van der Waals surface area contributed by atoms with Crippen molar-refractivity contribution in [3.05, 3.63) is 16.1 Å². The molecule has 1 N–H and O–H groups in total. The Morgan fingerprint density at radius 2 is 2.43 bits per heavy atom. The third-order valence-electron chi connectivity index (χ3n) is 2.82. The zero-order valence-electron chi connectivity index (χ0n) is 8.67. The van der Waals surface area contributed by atoms with Crippen molar-refractivity contribution in [2.24, 2.45) is 0 Å². The van der Waals surface area contributed by atoms with Crippen molar-refractivity contribution in [1.82, 2.24) is 10.3 Å². The fourth-order valence-electron chi connectivity index (χ4n) is 1.49. The lowest BCUT2D eigenvalue weighted by molar-refractivity contribution is 0.666. The molecule has 1 heterocycles. The van der Waals surface area contributed by atoms with Gasteiger partial charge in [0.05, 0.1) is 11.2 Å². The molecule has 0 aromatic carbocycles. The molecule has 0 saturated heterocycles. The number of aromatic nitrogens is 1. The number of rotatable bonds is 5. The first-order valence-corrected chi connectivity index (χ1v) is 7.01. The van der Waals surface area contributed by atoms with E-state index in [2.05, 4.69) is 23.5 Å². The molecule has 4 heteroatoms. The Hall–Kier alpha value is -0.0600. The topological polar surface area (TPSA) is 24.9 Å².